The van der Waals surface area contributed by atoms with Gasteiger partial charge in [0.25, 0.3) is 0 Å². The van der Waals surface area contributed by atoms with Gasteiger partial charge in [-0.1, -0.05) is 5.11 Å². The zero-order valence-electron chi connectivity index (χ0n) is 6.53. The van der Waals surface area contributed by atoms with E-state index in [9.17, 15) is 0 Å². The maximum absolute atomic E-state index is 8.19. The molecule has 2 aliphatic heterocycles. The van der Waals surface area contributed by atoms with Crippen LogP contribution in [0.15, 0.2) is 5.11 Å². The lowest BCUT2D eigenvalue weighted by Gasteiger charge is -2.21. The first-order valence-electron chi connectivity index (χ1n) is 4.08. The lowest BCUT2D eigenvalue weighted by molar-refractivity contribution is 0.328. The van der Waals surface area contributed by atoms with Crippen LogP contribution in [0, 0.1) is 5.41 Å². The van der Waals surface area contributed by atoms with Crippen LogP contribution in [-0.4, -0.2) is 31.1 Å². The van der Waals surface area contributed by atoms with Gasteiger partial charge in [0.05, 0.1) is 0 Å². The Balaban J connectivity index is 2.04. The highest BCUT2D eigenvalue weighted by Gasteiger charge is 2.42. The second-order valence-corrected chi connectivity index (χ2v) is 3.67. The normalized spacial score (nSPS) is 40.5. The minimum atomic E-state index is 0.367. The Kier molecular flexibility index (Phi) is 1.51. The van der Waals surface area contributed by atoms with Gasteiger partial charge in [-0.2, -0.15) is 0 Å². The number of hydrogen-bond acceptors (Lipinski definition) is 2. The number of nitrogens with zero attached hydrogens (tertiary/aromatic N) is 4. The largest absolute Gasteiger partial charge is 0.303 e. The lowest BCUT2D eigenvalue weighted by Crippen LogP contribution is -2.22. The minimum Gasteiger partial charge on any atom is -0.303 e. The number of hydrogen-bond donors (Lipinski definition) is 0. The van der Waals surface area contributed by atoms with Crippen LogP contribution in [-0.2, 0) is 0 Å². The molecule has 2 rings (SSSR count). The fourth-order valence-corrected chi connectivity index (χ4v) is 2.21. The van der Waals surface area contributed by atoms with Gasteiger partial charge in [-0.05, 0) is 36.9 Å². The molecule has 0 aromatic carbocycles. The summed E-state index contributed by atoms with van der Waals surface area (Å²) >= 11 is 0. The molecule has 0 radical (unpaired) electrons. The summed E-state index contributed by atoms with van der Waals surface area (Å²) in [6.07, 6.45) is 2.46. The van der Waals surface area contributed by atoms with Gasteiger partial charge in [0.2, 0.25) is 0 Å². The highest BCUT2D eigenvalue weighted by Crippen LogP contribution is 2.40. The second-order valence-electron chi connectivity index (χ2n) is 3.67. The van der Waals surface area contributed by atoms with Crippen LogP contribution < -0.4 is 0 Å². The highest BCUT2D eigenvalue weighted by molar-refractivity contribution is 4.97. The van der Waals surface area contributed by atoms with E-state index >= 15 is 0 Å². The number of azide groups is 1. The molecule has 0 aromatic rings. The molecule has 0 amide bonds. The van der Waals surface area contributed by atoms with E-state index < -0.39 is 0 Å². The van der Waals surface area contributed by atoms with Gasteiger partial charge < -0.3 is 4.90 Å². The average molecular weight is 152 g/mol. The fourth-order valence-electron chi connectivity index (χ4n) is 2.21. The van der Waals surface area contributed by atoms with Gasteiger partial charge in [0, 0.05) is 18.0 Å². The molecule has 0 saturated carbocycles. The van der Waals surface area contributed by atoms with Gasteiger partial charge in [0.15, 0.2) is 0 Å². The Labute approximate surface area is 65.8 Å². The maximum atomic E-state index is 8.19. The quantitative estimate of drug-likeness (QED) is 0.335. The molecule has 60 valence electrons. The fraction of sp³-hybridized carbons (Fsp3) is 1.00. The van der Waals surface area contributed by atoms with E-state index in [0.717, 1.165) is 6.54 Å². The number of piperidine rings is 1. The molecule has 0 aliphatic carbocycles. The molecule has 0 unspecified atom stereocenters. The third-order valence-corrected chi connectivity index (χ3v) is 2.95. The molecular weight excluding hydrogens is 140 g/mol. The van der Waals surface area contributed by atoms with Crippen molar-refractivity contribution in [3.8, 4) is 0 Å². The predicted octanol–water partition coefficient (Wildman–Crippen LogP) is 1.39. The Morgan fingerprint density at radius 2 is 2.18 bits per heavy atom. The summed E-state index contributed by atoms with van der Waals surface area (Å²) in [7, 11) is 0. The van der Waals surface area contributed by atoms with E-state index in [1.807, 2.05) is 0 Å². The van der Waals surface area contributed by atoms with E-state index in [1.54, 1.807) is 0 Å². The second kappa shape index (κ2) is 2.40. The summed E-state index contributed by atoms with van der Waals surface area (Å²) < 4.78 is 0. The topological polar surface area (TPSA) is 52.0 Å². The maximum Gasteiger partial charge on any atom is 0.0327 e. The Morgan fingerprint density at radius 1 is 1.45 bits per heavy atom. The predicted molar refractivity (Wildman–Crippen MR) is 42.1 cm³/mol. The zero-order valence-corrected chi connectivity index (χ0v) is 6.53. The number of fused-ring (bicyclic) bond motifs is 2. The standard InChI is InChI=1S/C7H12N4/c8-10-9-5-7-1-3-11(6-7)4-2-7/h1-6H2. The van der Waals surface area contributed by atoms with Crippen molar-refractivity contribution in [3.05, 3.63) is 10.4 Å². The molecule has 2 aliphatic rings. The van der Waals surface area contributed by atoms with Crippen molar-refractivity contribution in [1.29, 1.82) is 0 Å². The van der Waals surface area contributed by atoms with Crippen molar-refractivity contribution >= 4 is 0 Å². The molecule has 2 bridgehead atoms. The summed E-state index contributed by atoms with van der Waals surface area (Å²) in [5.74, 6) is 0. The van der Waals surface area contributed by atoms with Crippen LogP contribution >= 0.6 is 0 Å². The van der Waals surface area contributed by atoms with Gasteiger partial charge >= 0.3 is 0 Å². The molecule has 0 spiro atoms. The van der Waals surface area contributed by atoms with Crippen molar-refractivity contribution in [2.24, 2.45) is 10.5 Å². The van der Waals surface area contributed by atoms with Crippen LogP contribution in [0.4, 0.5) is 0 Å². The smallest absolute Gasteiger partial charge is 0.0327 e. The van der Waals surface area contributed by atoms with Crippen molar-refractivity contribution in [3.63, 3.8) is 0 Å². The van der Waals surface area contributed by atoms with Crippen LogP contribution in [0.2, 0.25) is 0 Å². The Bertz CT molecular complexity index is 198. The number of rotatable bonds is 2. The average Bonchev–Trinajstić information content (AvgIpc) is 2.60. The summed E-state index contributed by atoms with van der Waals surface area (Å²) in [5, 5.41) is 3.68. The van der Waals surface area contributed by atoms with Gasteiger partial charge in [-0.15, -0.1) is 0 Å². The first-order chi connectivity index (χ1) is 5.35. The lowest BCUT2D eigenvalue weighted by atomic mass is 9.85. The molecule has 2 saturated heterocycles. The third kappa shape index (κ3) is 1.08. The molecular formula is C7H12N4. The first-order valence-corrected chi connectivity index (χ1v) is 4.08. The van der Waals surface area contributed by atoms with Crippen molar-refractivity contribution in [2.75, 3.05) is 26.2 Å². The van der Waals surface area contributed by atoms with Crippen molar-refractivity contribution < 1.29 is 0 Å². The van der Waals surface area contributed by atoms with Crippen molar-refractivity contribution in [2.45, 2.75) is 12.8 Å². The van der Waals surface area contributed by atoms with Crippen LogP contribution in [0.3, 0.4) is 0 Å². The Morgan fingerprint density at radius 3 is 2.64 bits per heavy atom. The monoisotopic (exact) mass is 152 g/mol. The summed E-state index contributed by atoms with van der Waals surface area (Å²) in [6, 6.07) is 0. The minimum absolute atomic E-state index is 0.367. The van der Waals surface area contributed by atoms with E-state index in [-0.39, 0.29) is 0 Å². The van der Waals surface area contributed by atoms with Gasteiger partial charge in [-0.3, -0.25) is 0 Å². The molecule has 11 heavy (non-hydrogen) atoms. The molecule has 2 fully saturated rings. The summed E-state index contributed by atoms with van der Waals surface area (Å²) in [6.45, 7) is 4.29. The van der Waals surface area contributed by atoms with Gasteiger partial charge in [0.1, 0.15) is 0 Å². The third-order valence-electron chi connectivity index (χ3n) is 2.95. The molecule has 2 heterocycles. The van der Waals surface area contributed by atoms with E-state index in [1.165, 1.54) is 25.9 Å². The highest BCUT2D eigenvalue weighted by atomic mass is 15.2. The molecule has 4 nitrogen and oxygen atoms in total. The van der Waals surface area contributed by atoms with Crippen LogP contribution in [0.1, 0.15) is 12.8 Å². The first kappa shape index (κ1) is 6.95. The molecule has 0 N–H and O–H groups in total. The SMILES string of the molecule is [N-]=[N+]=NCC12CCN(CC1)C2. The molecule has 4 heteroatoms. The van der Waals surface area contributed by atoms with E-state index in [0.29, 0.717) is 12.0 Å². The van der Waals surface area contributed by atoms with E-state index in [4.69, 9.17) is 5.53 Å². The molecule has 0 atom stereocenters. The Hall–Kier alpha value is -0.730. The molecule has 0 aromatic heterocycles. The van der Waals surface area contributed by atoms with Crippen LogP contribution in [0.5, 0.6) is 0 Å². The van der Waals surface area contributed by atoms with Crippen LogP contribution in [0.25, 0.3) is 10.4 Å². The zero-order chi connectivity index (χ0) is 7.73. The van der Waals surface area contributed by atoms with Gasteiger partial charge in [-0.25, -0.2) is 0 Å². The van der Waals surface area contributed by atoms with E-state index in [2.05, 4.69) is 14.9 Å². The summed E-state index contributed by atoms with van der Waals surface area (Å²) in [5.41, 5.74) is 8.56. The summed E-state index contributed by atoms with van der Waals surface area (Å²) in [4.78, 5) is 5.27. The van der Waals surface area contributed by atoms with Crippen molar-refractivity contribution in [1.82, 2.24) is 4.90 Å².